The van der Waals surface area contributed by atoms with Crippen LogP contribution in [0.3, 0.4) is 0 Å². The Morgan fingerprint density at radius 1 is 1.42 bits per heavy atom. The Labute approximate surface area is 119 Å². The number of carbonyl (C=O) groups is 1. The summed E-state index contributed by atoms with van der Waals surface area (Å²) in [5, 5.41) is 2.72. The second-order valence-corrected chi connectivity index (χ2v) is 4.88. The third-order valence-electron chi connectivity index (χ3n) is 2.71. The van der Waals surface area contributed by atoms with Gasteiger partial charge in [-0.2, -0.15) is 0 Å². The predicted octanol–water partition coefficient (Wildman–Crippen LogP) is 3.80. The number of hydrogen-bond donors (Lipinski definition) is 1. The number of pyridine rings is 1. The quantitative estimate of drug-likeness (QED) is 0.933. The number of benzene rings is 1. The van der Waals surface area contributed by atoms with Crippen LogP contribution in [0.2, 0.25) is 0 Å². The molecule has 1 aromatic heterocycles. The minimum atomic E-state index is -0.629. The third-order valence-corrected chi connectivity index (χ3v) is 3.21. The summed E-state index contributed by atoms with van der Waals surface area (Å²) in [6, 6.07) is 6.91. The van der Waals surface area contributed by atoms with E-state index >= 15 is 0 Å². The van der Waals surface area contributed by atoms with E-state index in [0.717, 1.165) is 22.7 Å². The Bertz CT molecular complexity index is 616. The van der Waals surface area contributed by atoms with E-state index in [-0.39, 0.29) is 5.56 Å². The zero-order chi connectivity index (χ0) is 13.8. The standard InChI is InChI=1S/C14H12BrFN2O/c1-2-9-7-10(15)3-4-13(9)18-14(19)11-5-6-17-8-12(11)16/h3-8H,2H2,1H3,(H,18,19). The van der Waals surface area contributed by atoms with Gasteiger partial charge in [0.25, 0.3) is 5.91 Å². The first-order valence-corrected chi connectivity index (χ1v) is 6.60. The van der Waals surface area contributed by atoms with Crippen molar-refractivity contribution in [2.45, 2.75) is 13.3 Å². The summed E-state index contributed by atoms with van der Waals surface area (Å²) in [6.07, 6.45) is 3.19. The minimum Gasteiger partial charge on any atom is -0.322 e. The van der Waals surface area contributed by atoms with E-state index in [2.05, 4.69) is 26.2 Å². The summed E-state index contributed by atoms with van der Waals surface area (Å²) in [6.45, 7) is 1.99. The number of halogens is 2. The number of rotatable bonds is 3. The molecule has 1 amide bonds. The molecule has 2 rings (SSSR count). The van der Waals surface area contributed by atoms with Crippen LogP contribution >= 0.6 is 15.9 Å². The van der Waals surface area contributed by atoms with Crippen LogP contribution in [0.15, 0.2) is 41.1 Å². The first-order chi connectivity index (χ1) is 9.11. The van der Waals surface area contributed by atoms with Crippen LogP contribution in [-0.4, -0.2) is 10.9 Å². The first kappa shape index (κ1) is 13.7. The van der Waals surface area contributed by atoms with E-state index in [1.807, 2.05) is 19.1 Å². The van der Waals surface area contributed by atoms with Gasteiger partial charge in [-0.05, 0) is 36.2 Å². The van der Waals surface area contributed by atoms with Crippen molar-refractivity contribution in [2.24, 2.45) is 0 Å². The molecular formula is C14H12BrFN2O. The molecule has 1 N–H and O–H groups in total. The van der Waals surface area contributed by atoms with Crippen molar-refractivity contribution in [1.29, 1.82) is 0 Å². The van der Waals surface area contributed by atoms with E-state index in [1.165, 1.54) is 12.3 Å². The van der Waals surface area contributed by atoms with Crippen molar-refractivity contribution in [2.75, 3.05) is 5.32 Å². The van der Waals surface area contributed by atoms with Gasteiger partial charge in [0.15, 0.2) is 5.82 Å². The Hall–Kier alpha value is -1.75. The number of aryl methyl sites for hydroxylation is 1. The predicted molar refractivity (Wildman–Crippen MR) is 75.7 cm³/mol. The summed E-state index contributed by atoms with van der Waals surface area (Å²) in [7, 11) is 0. The molecule has 0 radical (unpaired) electrons. The highest BCUT2D eigenvalue weighted by Crippen LogP contribution is 2.22. The molecule has 5 heteroatoms. The van der Waals surface area contributed by atoms with E-state index in [1.54, 1.807) is 6.07 Å². The molecule has 0 spiro atoms. The van der Waals surface area contributed by atoms with Gasteiger partial charge in [0.1, 0.15) is 0 Å². The van der Waals surface area contributed by atoms with E-state index in [4.69, 9.17) is 0 Å². The first-order valence-electron chi connectivity index (χ1n) is 5.81. The molecule has 2 aromatic rings. The van der Waals surface area contributed by atoms with Crippen LogP contribution in [0.5, 0.6) is 0 Å². The lowest BCUT2D eigenvalue weighted by atomic mass is 10.1. The number of nitrogens with zero attached hydrogens (tertiary/aromatic N) is 1. The Balaban J connectivity index is 2.27. The van der Waals surface area contributed by atoms with Crippen molar-refractivity contribution < 1.29 is 9.18 Å². The maximum Gasteiger partial charge on any atom is 0.258 e. The highest BCUT2D eigenvalue weighted by molar-refractivity contribution is 9.10. The number of carbonyl (C=O) groups excluding carboxylic acids is 1. The van der Waals surface area contributed by atoms with Gasteiger partial charge in [-0.15, -0.1) is 0 Å². The minimum absolute atomic E-state index is 0.0139. The fraction of sp³-hybridized carbons (Fsp3) is 0.143. The second-order valence-electron chi connectivity index (χ2n) is 3.96. The molecule has 1 aromatic carbocycles. The van der Waals surface area contributed by atoms with Crippen molar-refractivity contribution >= 4 is 27.5 Å². The van der Waals surface area contributed by atoms with Gasteiger partial charge in [0, 0.05) is 16.4 Å². The second kappa shape index (κ2) is 5.93. The molecule has 0 aliphatic heterocycles. The van der Waals surface area contributed by atoms with E-state index in [0.29, 0.717) is 5.69 Å². The third kappa shape index (κ3) is 3.17. The largest absolute Gasteiger partial charge is 0.322 e. The number of hydrogen-bond acceptors (Lipinski definition) is 2. The van der Waals surface area contributed by atoms with Gasteiger partial charge in [-0.25, -0.2) is 4.39 Å². The summed E-state index contributed by atoms with van der Waals surface area (Å²) in [5.74, 6) is -1.10. The maximum absolute atomic E-state index is 13.5. The Kier molecular flexibility index (Phi) is 4.27. The number of nitrogens with one attached hydrogen (secondary N) is 1. The van der Waals surface area contributed by atoms with Gasteiger partial charge >= 0.3 is 0 Å². The SMILES string of the molecule is CCc1cc(Br)ccc1NC(=O)c1ccncc1F. The molecule has 3 nitrogen and oxygen atoms in total. The van der Waals surface area contributed by atoms with Gasteiger partial charge in [0.2, 0.25) is 0 Å². The fourth-order valence-corrected chi connectivity index (χ4v) is 2.13. The highest BCUT2D eigenvalue weighted by atomic mass is 79.9. The Morgan fingerprint density at radius 2 is 2.21 bits per heavy atom. The number of amides is 1. The molecule has 98 valence electrons. The smallest absolute Gasteiger partial charge is 0.258 e. The molecule has 0 saturated carbocycles. The van der Waals surface area contributed by atoms with Crippen LogP contribution in [0.25, 0.3) is 0 Å². The lowest BCUT2D eigenvalue weighted by molar-refractivity contribution is 0.102. The number of anilines is 1. The summed E-state index contributed by atoms with van der Waals surface area (Å²) in [4.78, 5) is 15.6. The molecule has 0 bridgehead atoms. The molecule has 0 aliphatic carbocycles. The Morgan fingerprint density at radius 3 is 2.89 bits per heavy atom. The average molecular weight is 323 g/mol. The molecule has 1 heterocycles. The molecule has 0 fully saturated rings. The average Bonchev–Trinajstić information content (AvgIpc) is 2.41. The van der Waals surface area contributed by atoms with Gasteiger partial charge in [-0.1, -0.05) is 22.9 Å². The van der Waals surface area contributed by atoms with Crippen molar-refractivity contribution in [3.05, 3.63) is 58.1 Å². The summed E-state index contributed by atoms with van der Waals surface area (Å²) < 4.78 is 14.4. The fourth-order valence-electron chi connectivity index (χ4n) is 1.73. The van der Waals surface area contributed by atoms with Crippen LogP contribution in [0.1, 0.15) is 22.8 Å². The summed E-state index contributed by atoms with van der Waals surface area (Å²) in [5.41, 5.74) is 1.66. The van der Waals surface area contributed by atoms with Crippen molar-refractivity contribution in [3.8, 4) is 0 Å². The topological polar surface area (TPSA) is 42.0 Å². The van der Waals surface area contributed by atoms with Crippen LogP contribution < -0.4 is 5.32 Å². The van der Waals surface area contributed by atoms with Crippen LogP contribution in [0.4, 0.5) is 10.1 Å². The van der Waals surface area contributed by atoms with Gasteiger partial charge < -0.3 is 5.32 Å². The molecule has 0 aliphatic rings. The number of aromatic nitrogens is 1. The van der Waals surface area contributed by atoms with E-state index in [9.17, 15) is 9.18 Å². The zero-order valence-electron chi connectivity index (χ0n) is 10.3. The molecular weight excluding hydrogens is 311 g/mol. The lowest BCUT2D eigenvalue weighted by Gasteiger charge is -2.10. The molecule has 0 saturated heterocycles. The van der Waals surface area contributed by atoms with Crippen molar-refractivity contribution in [3.63, 3.8) is 0 Å². The molecule has 0 unspecified atom stereocenters. The zero-order valence-corrected chi connectivity index (χ0v) is 11.9. The van der Waals surface area contributed by atoms with E-state index < -0.39 is 11.7 Å². The van der Waals surface area contributed by atoms with Crippen molar-refractivity contribution in [1.82, 2.24) is 4.98 Å². The molecule has 0 atom stereocenters. The van der Waals surface area contributed by atoms with Gasteiger partial charge in [0.05, 0.1) is 11.8 Å². The van der Waals surface area contributed by atoms with Gasteiger partial charge in [-0.3, -0.25) is 9.78 Å². The summed E-state index contributed by atoms with van der Waals surface area (Å²) >= 11 is 3.38. The normalized spacial score (nSPS) is 10.3. The van der Waals surface area contributed by atoms with Crippen LogP contribution in [0, 0.1) is 5.82 Å². The highest BCUT2D eigenvalue weighted by Gasteiger charge is 2.13. The maximum atomic E-state index is 13.5. The molecule has 19 heavy (non-hydrogen) atoms. The van der Waals surface area contributed by atoms with Crippen LogP contribution in [-0.2, 0) is 6.42 Å². The lowest BCUT2D eigenvalue weighted by Crippen LogP contribution is -2.15. The monoisotopic (exact) mass is 322 g/mol.